The van der Waals surface area contributed by atoms with Gasteiger partial charge in [-0.2, -0.15) is 0 Å². The van der Waals surface area contributed by atoms with E-state index in [4.69, 9.17) is 4.74 Å². The van der Waals surface area contributed by atoms with Gasteiger partial charge in [0.25, 0.3) is 0 Å². The van der Waals surface area contributed by atoms with Crippen molar-refractivity contribution < 1.29 is 9.84 Å². The molecule has 0 bridgehead atoms. The minimum absolute atomic E-state index is 0.306. The molecule has 1 aromatic rings. The van der Waals surface area contributed by atoms with Gasteiger partial charge in [0.05, 0.1) is 12.7 Å². The maximum atomic E-state index is 10.5. The molecule has 1 atom stereocenters. The lowest BCUT2D eigenvalue weighted by Gasteiger charge is -2.22. The van der Waals surface area contributed by atoms with Crippen LogP contribution < -0.4 is 0 Å². The van der Waals surface area contributed by atoms with E-state index >= 15 is 0 Å². The third-order valence-corrected chi connectivity index (χ3v) is 3.95. The topological polar surface area (TPSA) is 29.5 Å². The van der Waals surface area contributed by atoms with E-state index in [2.05, 4.69) is 6.07 Å². The number of methoxy groups -OCH3 is 1. The SMILES string of the molecule is COCc1cccc(C(O)C2CCCCCC2)c1. The van der Waals surface area contributed by atoms with Crippen LogP contribution in [0.1, 0.15) is 55.8 Å². The van der Waals surface area contributed by atoms with Crippen molar-refractivity contribution in [3.05, 3.63) is 35.4 Å². The van der Waals surface area contributed by atoms with Crippen molar-refractivity contribution in [1.82, 2.24) is 0 Å². The van der Waals surface area contributed by atoms with Gasteiger partial charge in [-0.05, 0) is 29.9 Å². The minimum atomic E-state index is -0.306. The van der Waals surface area contributed by atoms with E-state index in [1.165, 1.54) is 25.7 Å². The van der Waals surface area contributed by atoms with Crippen molar-refractivity contribution >= 4 is 0 Å². The fourth-order valence-corrected chi connectivity index (χ4v) is 2.93. The Hall–Kier alpha value is -0.860. The second kappa shape index (κ2) is 6.91. The Bertz CT molecular complexity index is 354. The highest BCUT2D eigenvalue weighted by molar-refractivity contribution is 5.25. The molecule has 0 amide bonds. The Balaban J connectivity index is 2.06. The molecule has 18 heavy (non-hydrogen) atoms. The van der Waals surface area contributed by atoms with Crippen molar-refractivity contribution in [3.8, 4) is 0 Å². The summed E-state index contributed by atoms with van der Waals surface area (Å²) in [6.45, 7) is 0.616. The lowest BCUT2D eigenvalue weighted by molar-refractivity contribution is 0.0985. The molecule has 0 radical (unpaired) electrons. The van der Waals surface area contributed by atoms with E-state index in [9.17, 15) is 5.11 Å². The van der Waals surface area contributed by atoms with Gasteiger partial charge in [0.1, 0.15) is 0 Å². The summed E-state index contributed by atoms with van der Waals surface area (Å²) in [4.78, 5) is 0. The van der Waals surface area contributed by atoms with Crippen LogP contribution in [0.2, 0.25) is 0 Å². The summed E-state index contributed by atoms with van der Waals surface area (Å²) in [7, 11) is 1.70. The first-order valence-corrected chi connectivity index (χ1v) is 7.07. The first kappa shape index (κ1) is 13.6. The zero-order chi connectivity index (χ0) is 12.8. The maximum absolute atomic E-state index is 10.5. The standard InChI is InChI=1S/C16H24O2/c1-18-12-13-7-6-10-15(11-13)16(17)14-8-4-2-3-5-9-14/h6-7,10-11,14,16-17H,2-5,8-9,12H2,1H3. The van der Waals surface area contributed by atoms with Crippen molar-refractivity contribution in [2.75, 3.05) is 7.11 Å². The van der Waals surface area contributed by atoms with Crippen LogP contribution in [-0.4, -0.2) is 12.2 Å². The Kier molecular flexibility index (Phi) is 5.21. The van der Waals surface area contributed by atoms with Gasteiger partial charge < -0.3 is 9.84 Å². The van der Waals surface area contributed by atoms with Gasteiger partial charge in [0, 0.05) is 7.11 Å². The van der Waals surface area contributed by atoms with Gasteiger partial charge in [0.2, 0.25) is 0 Å². The molecule has 0 saturated heterocycles. The molecule has 1 aliphatic carbocycles. The third kappa shape index (κ3) is 3.56. The van der Waals surface area contributed by atoms with Crippen molar-refractivity contribution in [1.29, 1.82) is 0 Å². The minimum Gasteiger partial charge on any atom is -0.388 e. The highest BCUT2D eigenvalue weighted by atomic mass is 16.5. The van der Waals surface area contributed by atoms with Crippen molar-refractivity contribution in [3.63, 3.8) is 0 Å². The van der Waals surface area contributed by atoms with Crippen LogP contribution in [-0.2, 0) is 11.3 Å². The van der Waals surface area contributed by atoms with E-state index in [-0.39, 0.29) is 6.10 Å². The summed E-state index contributed by atoms with van der Waals surface area (Å²) in [6, 6.07) is 8.18. The van der Waals surface area contributed by atoms with E-state index in [0.717, 1.165) is 24.0 Å². The number of rotatable bonds is 4. The molecule has 2 nitrogen and oxygen atoms in total. The summed E-state index contributed by atoms with van der Waals surface area (Å²) < 4.78 is 5.15. The molecule has 1 unspecified atom stereocenters. The second-order valence-corrected chi connectivity index (χ2v) is 5.37. The Morgan fingerprint density at radius 2 is 1.94 bits per heavy atom. The lowest BCUT2D eigenvalue weighted by Crippen LogP contribution is -2.12. The Labute approximate surface area is 110 Å². The Morgan fingerprint density at radius 3 is 2.61 bits per heavy atom. The second-order valence-electron chi connectivity index (χ2n) is 5.37. The van der Waals surface area contributed by atoms with Crippen LogP contribution in [0, 0.1) is 5.92 Å². The van der Waals surface area contributed by atoms with Gasteiger partial charge in [-0.3, -0.25) is 0 Å². The summed E-state index contributed by atoms with van der Waals surface area (Å²) in [5, 5.41) is 10.5. The van der Waals surface area contributed by atoms with Crippen LogP contribution in [0.5, 0.6) is 0 Å². The van der Waals surface area contributed by atoms with Crippen LogP contribution >= 0.6 is 0 Å². The largest absolute Gasteiger partial charge is 0.388 e. The van der Waals surface area contributed by atoms with Crippen molar-refractivity contribution in [2.45, 2.75) is 51.2 Å². The zero-order valence-electron chi connectivity index (χ0n) is 11.3. The first-order chi connectivity index (χ1) is 8.81. The molecular weight excluding hydrogens is 224 g/mol. The molecule has 0 aliphatic heterocycles. The predicted molar refractivity (Wildman–Crippen MR) is 73.3 cm³/mol. The number of ether oxygens (including phenoxy) is 1. The highest BCUT2D eigenvalue weighted by Gasteiger charge is 2.22. The van der Waals surface area contributed by atoms with E-state index in [1.54, 1.807) is 7.11 Å². The monoisotopic (exact) mass is 248 g/mol. The summed E-state index contributed by atoms with van der Waals surface area (Å²) in [5.41, 5.74) is 2.19. The smallest absolute Gasteiger partial charge is 0.0818 e. The summed E-state index contributed by atoms with van der Waals surface area (Å²) >= 11 is 0. The first-order valence-electron chi connectivity index (χ1n) is 7.07. The predicted octanol–water partition coefficient (Wildman–Crippen LogP) is 3.84. The van der Waals surface area contributed by atoms with Gasteiger partial charge >= 0.3 is 0 Å². The zero-order valence-corrected chi connectivity index (χ0v) is 11.3. The summed E-state index contributed by atoms with van der Waals surface area (Å²) in [6.07, 6.45) is 7.20. The fraction of sp³-hybridized carbons (Fsp3) is 0.625. The highest BCUT2D eigenvalue weighted by Crippen LogP contribution is 2.33. The van der Waals surface area contributed by atoms with E-state index in [0.29, 0.717) is 12.5 Å². The molecule has 0 spiro atoms. The summed E-state index contributed by atoms with van der Waals surface area (Å²) in [5.74, 6) is 0.435. The Morgan fingerprint density at radius 1 is 1.22 bits per heavy atom. The molecular formula is C16H24O2. The third-order valence-electron chi connectivity index (χ3n) is 3.95. The molecule has 100 valence electrons. The molecule has 1 aromatic carbocycles. The van der Waals surface area contributed by atoms with E-state index < -0.39 is 0 Å². The molecule has 1 N–H and O–H groups in total. The molecule has 0 heterocycles. The van der Waals surface area contributed by atoms with Crippen LogP contribution in [0.3, 0.4) is 0 Å². The number of benzene rings is 1. The van der Waals surface area contributed by atoms with Crippen LogP contribution in [0.15, 0.2) is 24.3 Å². The quantitative estimate of drug-likeness (QED) is 0.820. The molecule has 2 rings (SSSR count). The maximum Gasteiger partial charge on any atom is 0.0818 e. The molecule has 1 saturated carbocycles. The van der Waals surface area contributed by atoms with Gasteiger partial charge in [-0.25, -0.2) is 0 Å². The molecule has 2 heteroatoms. The fourth-order valence-electron chi connectivity index (χ4n) is 2.93. The average Bonchev–Trinajstić information content (AvgIpc) is 2.67. The van der Waals surface area contributed by atoms with Gasteiger partial charge in [-0.1, -0.05) is 49.9 Å². The van der Waals surface area contributed by atoms with Crippen molar-refractivity contribution in [2.24, 2.45) is 5.92 Å². The average molecular weight is 248 g/mol. The lowest BCUT2D eigenvalue weighted by atomic mass is 9.89. The number of hydrogen-bond donors (Lipinski definition) is 1. The van der Waals surface area contributed by atoms with Gasteiger partial charge in [0.15, 0.2) is 0 Å². The van der Waals surface area contributed by atoms with Crippen LogP contribution in [0.4, 0.5) is 0 Å². The van der Waals surface area contributed by atoms with E-state index in [1.807, 2.05) is 18.2 Å². The number of aliphatic hydroxyl groups is 1. The number of aliphatic hydroxyl groups excluding tert-OH is 1. The molecule has 0 aromatic heterocycles. The van der Waals surface area contributed by atoms with Crippen LogP contribution in [0.25, 0.3) is 0 Å². The normalized spacial score (nSPS) is 19.4. The molecule has 1 fully saturated rings. The number of hydrogen-bond acceptors (Lipinski definition) is 2. The molecule has 1 aliphatic rings. The van der Waals surface area contributed by atoms with Gasteiger partial charge in [-0.15, -0.1) is 0 Å².